The van der Waals surface area contributed by atoms with Crippen LogP contribution in [0.25, 0.3) is 11.1 Å². The number of hydrogen-bond acceptors (Lipinski definition) is 4. The fourth-order valence-electron chi connectivity index (χ4n) is 2.58. The van der Waals surface area contributed by atoms with Crippen LogP contribution < -0.4 is 10.6 Å². The van der Waals surface area contributed by atoms with Crippen molar-refractivity contribution in [3.05, 3.63) is 54.1 Å². The number of rotatable bonds is 4. The molecule has 4 heteroatoms. The van der Waals surface area contributed by atoms with E-state index in [2.05, 4.69) is 16.0 Å². The molecule has 0 unspecified atom stereocenters. The van der Waals surface area contributed by atoms with Crippen LogP contribution in [0.1, 0.15) is 18.4 Å². The van der Waals surface area contributed by atoms with Crippen molar-refractivity contribution in [1.29, 1.82) is 0 Å². The molecule has 4 rings (SSSR count). The van der Waals surface area contributed by atoms with E-state index in [4.69, 9.17) is 10.2 Å². The zero-order chi connectivity index (χ0) is 14.2. The smallest absolute Gasteiger partial charge is 0.298 e. The first-order chi connectivity index (χ1) is 10.3. The molecule has 0 aliphatic heterocycles. The molecule has 1 aliphatic carbocycles. The van der Waals surface area contributed by atoms with Gasteiger partial charge in [-0.3, -0.25) is 0 Å². The fourth-order valence-corrected chi connectivity index (χ4v) is 2.58. The van der Waals surface area contributed by atoms with Crippen LogP contribution in [-0.2, 0) is 6.54 Å². The quantitative estimate of drug-likeness (QED) is 0.742. The summed E-state index contributed by atoms with van der Waals surface area (Å²) >= 11 is 0. The van der Waals surface area contributed by atoms with E-state index < -0.39 is 0 Å². The van der Waals surface area contributed by atoms with Gasteiger partial charge in [0.25, 0.3) is 6.01 Å². The van der Waals surface area contributed by atoms with Crippen molar-refractivity contribution < 1.29 is 4.42 Å². The molecule has 1 aliphatic rings. The molecule has 0 atom stereocenters. The molecular formula is C17H17N3O. The molecule has 1 heterocycles. The molecule has 0 amide bonds. The van der Waals surface area contributed by atoms with E-state index in [1.807, 2.05) is 42.5 Å². The predicted octanol–water partition coefficient (Wildman–Crippen LogP) is 3.58. The van der Waals surface area contributed by atoms with Crippen molar-refractivity contribution in [2.45, 2.75) is 25.4 Å². The van der Waals surface area contributed by atoms with Gasteiger partial charge in [-0.05, 0) is 36.6 Å². The lowest BCUT2D eigenvalue weighted by Crippen LogP contribution is -2.25. The molecule has 1 fully saturated rings. The van der Waals surface area contributed by atoms with Gasteiger partial charge in [-0.1, -0.05) is 30.3 Å². The summed E-state index contributed by atoms with van der Waals surface area (Å²) < 4.78 is 5.92. The summed E-state index contributed by atoms with van der Waals surface area (Å²) in [6, 6.07) is 17.1. The maximum Gasteiger partial charge on any atom is 0.298 e. The summed E-state index contributed by atoms with van der Waals surface area (Å²) in [5.41, 5.74) is 9.74. The van der Waals surface area contributed by atoms with Crippen LogP contribution in [0.4, 0.5) is 11.7 Å². The van der Waals surface area contributed by atoms with Gasteiger partial charge in [-0.25, -0.2) is 0 Å². The molecule has 21 heavy (non-hydrogen) atoms. The molecule has 2 N–H and O–H groups in total. The van der Waals surface area contributed by atoms with Gasteiger partial charge in [0.05, 0.1) is 0 Å². The van der Waals surface area contributed by atoms with Crippen molar-refractivity contribution in [3.8, 4) is 0 Å². The second-order valence-electron chi connectivity index (χ2n) is 5.52. The summed E-state index contributed by atoms with van der Waals surface area (Å²) in [6.07, 6.45) is 2.37. The molecular weight excluding hydrogens is 262 g/mol. The van der Waals surface area contributed by atoms with Crippen molar-refractivity contribution in [3.63, 3.8) is 0 Å². The second-order valence-corrected chi connectivity index (χ2v) is 5.52. The van der Waals surface area contributed by atoms with Gasteiger partial charge in [0.1, 0.15) is 5.52 Å². The highest BCUT2D eigenvalue weighted by molar-refractivity contribution is 5.74. The third kappa shape index (κ3) is 2.33. The monoisotopic (exact) mass is 279 g/mol. The maximum atomic E-state index is 6.06. The van der Waals surface area contributed by atoms with Crippen molar-refractivity contribution in [1.82, 2.24) is 4.98 Å². The number of benzene rings is 2. The Balaban J connectivity index is 1.70. The lowest BCUT2D eigenvalue weighted by Gasteiger charge is -2.20. The van der Waals surface area contributed by atoms with Crippen molar-refractivity contribution in [2.24, 2.45) is 0 Å². The highest BCUT2D eigenvalue weighted by Gasteiger charge is 2.32. The molecule has 0 radical (unpaired) electrons. The zero-order valence-corrected chi connectivity index (χ0v) is 11.7. The topological polar surface area (TPSA) is 55.3 Å². The molecule has 1 saturated carbocycles. The van der Waals surface area contributed by atoms with Crippen LogP contribution in [0, 0.1) is 0 Å². The van der Waals surface area contributed by atoms with E-state index in [0.29, 0.717) is 12.1 Å². The van der Waals surface area contributed by atoms with Crippen LogP contribution in [-0.4, -0.2) is 11.0 Å². The highest BCUT2D eigenvalue weighted by atomic mass is 16.4. The number of nitrogens with two attached hydrogens (primary N) is 1. The van der Waals surface area contributed by atoms with Crippen LogP contribution in [0.3, 0.4) is 0 Å². The minimum absolute atomic E-state index is 0.512. The van der Waals surface area contributed by atoms with E-state index in [9.17, 15) is 0 Å². The van der Waals surface area contributed by atoms with E-state index in [0.717, 1.165) is 28.9 Å². The molecule has 106 valence electrons. The number of nitrogen functional groups attached to an aromatic ring is 1. The normalized spacial score (nSPS) is 14.5. The molecule has 4 nitrogen and oxygen atoms in total. The molecule has 0 saturated heterocycles. The number of anilines is 2. The van der Waals surface area contributed by atoms with Gasteiger partial charge in [0, 0.05) is 18.3 Å². The number of hydrogen-bond donors (Lipinski definition) is 1. The van der Waals surface area contributed by atoms with Gasteiger partial charge in [-0.15, -0.1) is 0 Å². The van der Waals surface area contributed by atoms with Crippen molar-refractivity contribution in [2.75, 3.05) is 10.6 Å². The predicted molar refractivity (Wildman–Crippen MR) is 84.1 cm³/mol. The van der Waals surface area contributed by atoms with Crippen LogP contribution >= 0.6 is 0 Å². The Morgan fingerprint density at radius 2 is 1.86 bits per heavy atom. The van der Waals surface area contributed by atoms with Gasteiger partial charge in [0.15, 0.2) is 5.58 Å². The summed E-state index contributed by atoms with van der Waals surface area (Å²) in [6.45, 7) is 0.740. The van der Waals surface area contributed by atoms with Crippen molar-refractivity contribution >= 4 is 22.8 Å². The van der Waals surface area contributed by atoms with Gasteiger partial charge in [-0.2, -0.15) is 4.98 Å². The number of para-hydroxylation sites is 3. The Morgan fingerprint density at radius 1 is 1.10 bits per heavy atom. The maximum absolute atomic E-state index is 6.06. The lowest BCUT2D eigenvalue weighted by atomic mass is 10.1. The standard InChI is InChI=1S/C17H17N3O/c18-14-6-2-1-5-12(14)11-20(13-9-10-13)17-19-15-7-3-4-8-16(15)21-17/h1-8,13H,9-11,18H2. The first-order valence-electron chi connectivity index (χ1n) is 7.27. The number of fused-ring (bicyclic) bond motifs is 1. The molecule has 1 aromatic heterocycles. The third-order valence-corrected chi connectivity index (χ3v) is 3.91. The first-order valence-corrected chi connectivity index (χ1v) is 7.27. The van der Waals surface area contributed by atoms with Gasteiger partial charge >= 0.3 is 0 Å². The number of aromatic nitrogens is 1. The number of oxazole rings is 1. The summed E-state index contributed by atoms with van der Waals surface area (Å²) in [7, 11) is 0. The lowest BCUT2D eigenvalue weighted by molar-refractivity contribution is 0.562. The Kier molecular flexibility index (Phi) is 2.81. The molecule has 0 spiro atoms. The Labute approximate surface area is 123 Å². The Bertz CT molecular complexity index is 743. The largest absolute Gasteiger partial charge is 0.423 e. The average molecular weight is 279 g/mol. The number of nitrogens with zero attached hydrogens (tertiary/aromatic N) is 2. The summed E-state index contributed by atoms with van der Waals surface area (Å²) in [5, 5.41) is 0. The van der Waals surface area contributed by atoms with Crippen LogP contribution in [0.2, 0.25) is 0 Å². The Hall–Kier alpha value is -2.49. The summed E-state index contributed by atoms with van der Waals surface area (Å²) in [5.74, 6) is 0. The van der Waals surface area contributed by atoms with Gasteiger partial charge < -0.3 is 15.1 Å². The van der Waals surface area contributed by atoms with E-state index in [1.54, 1.807) is 0 Å². The minimum atomic E-state index is 0.512. The fraction of sp³-hybridized carbons (Fsp3) is 0.235. The van der Waals surface area contributed by atoms with Gasteiger partial charge in [0.2, 0.25) is 0 Å². The molecule has 3 aromatic rings. The van der Waals surface area contributed by atoms with E-state index >= 15 is 0 Å². The van der Waals surface area contributed by atoms with Crippen LogP contribution in [0.5, 0.6) is 0 Å². The van der Waals surface area contributed by atoms with E-state index in [1.165, 1.54) is 12.8 Å². The Morgan fingerprint density at radius 3 is 2.62 bits per heavy atom. The third-order valence-electron chi connectivity index (χ3n) is 3.91. The second kappa shape index (κ2) is 4.81. The molecule has 0 bridgehead atoms. The highest BCUT2D eigenvalue weighted by Crippen LogP contribution is 2.34. The average Bonchev–Trinajstić information content (AvgIpc) is 3.24. The minimum Gasteiger partial charge on any atom is -0.423 e. The zero-order valence-electron chi connectivity index (χ0n) is 11.7. The SMILES string of the molecule is Nc1ccccc1CN(c1nc2ccccc2o1)C1CC1. The summed E-state index contributed by atoms with van der Waals surface area (Å²) in [4.78, 5) is 6.85. The molecule has 2 aromatic carbocycles. The first kappa shape index (κ1) is 12.3. The van der Waals surface area contributed by atoms with E-state index in [-0.39, 0.29) is 0 Å². The van der Waals surface area contributed by atoms with Crippen LogP contribution in [0.15, 0.2) is 52.9 Å².